The molecule has 0 aliphatic carbocycles. The van der Waals surface area contributed by atoms with Crippen molar-refractivity contribution in [1.29, 1.82) is 0 Å². The van der Waals surface area contributed by atoms with Gasteiger partial charge in [0.05, 0.1) is 30.7 Å². The molecule has 3 aliphatic heterocycles. The first kappa shape index (κ1) is 16.9. The Labute approximate surface area is 138 Å². The van der Waals surface area contributed by atoms with Crippen LogP contribution in [0, 0.1) is 0 Å². The highest BCUT2D eigenvalue weighted by molar-refractivity contribution is 5.50. The highest BCUT2D eigenvalue weighted by atomic mass is 16.6. The molecule has 5 nitrogen and oxygen atoms in total. The SMILES string of the molecule is C/C=C\O[C@H]1CC[C@H]2O[C@H]3CCCO[C@@H]3CC[C@@H]2O[C@@H]1CC=O. The van der Waals surface area contributed by atoms with Crippen LogP contribution >= 0.6 is 0 Å². The Kier molecular flexibility index (Phi) is 6.08. The van der Waals surface area contributed by atoms with Crippen molar-refractivity contribution in [2.24, 2.45) is 0 Å². The van der Waals surface area contributed by atoms with E-state index in [9.17, 15) is 4.79 Å². The maximum absolute atomic E-state index is 11.0. The van der Waals surface area contributed by atoms with Gasteiger partial charge in [0, 0.05) is 13.0 Å². The average molecular weight is 324 g/mol. The molecule has 0 N–H and O–H groups in total. The summed E-state index contributed by atoms with van der Waals surface area (Å²) in [5, 5.41) is 0. The first-order chi connectivity index (χ1) is 11.3. The van der Waals surface area contributed by atoms with Crippen molar-refractivity contribution in [2.75, 3.05) is 6.61 Å². The van der Waals surface area contributed by atoms with Gasteiger partial charge in [0.25, 0.3) is 0 Å². The lowest BCUT2D eigenvalue weighted by Crippen LogP contribution is -2.38. The number of hydrogen-bond donors (Lipinski definition) is 0. The Morgan fingerprint density at radius 3 is 2.57 bits per heavy atom. The van der Waals surface area contributed by atoms with Crippen molar-refractivity contribution in [2.45, 2.75) is 88.5 Å². The minimum atomic E-state index is -0.191. The first-order valence-electron chi connectivity index (χ1n) is 8.94. The molecule has 0 radical (unpaired) electrons. The summed E-state index contributed by atoms with van der Waals surface area (Å²) in [6, 6.07) is 0. The van der Waals surface area contributed by atoms with Gasteiger partial charge in [-0.05, 0) is 45.4 Å². The molecule has 0 aromatic heterocycles. The number of carbonyl (C=O) groups excluding carboxylic acids is 1. The third kappa shape index (κ3) is 4.14. The Morgan fingerprint density at radius 1 is 1.00 bits per heavy atom. The predicted molar refractivity (Wildman–Crippen MR) is 85.1 cm³/mol. The van der Waals surface area contributed by atoms with Crippen LogP contribution in [0.4, 0.5) is 0 Å². The molecule has 5 heteroatoms. The number of ether oxygens (including phenoxy) is 4. The smallest absolute Gasteiger partial charge is 0.124 e. The van der Waals surface area contributed by atoms with E-state index >= 15 is 0 Å². The lowest BCUT2D eigenvalue weighted by molar-refractivity contribution is -0.149. The van der Waals surface area contributed by atoms with Crippen LogP contribution in [-0.4, -0.2) is 49.5 Å². The summed E-state index contributed by atoms with van der Waals surface area (Å²) in [4.78, 5) is 11.0. The molecule has 3 aliphatic rings. The molecular formula is C18H28O5. The zero-order chi connectivity index (χ0) is 16.1. The van der Waals surface area contributed by atoms with Crippen LogP contribution in [0.5, 0.6) is 0 Å². The third-order valence-corrected chi connectivity index (χ3v) is 5.10. The third-order valence-electron chi connectivity index (χ3n) is 5.10. The summed E-state index contributed by atoms with van der Waals surface area (Å²) in [6.45, 7) is 2.76. The predicted octanol–water partition coefficient (Wildman–Crippen LogP) is 2.77. The molecule has 130 valence electrons. The highest BCUT2D eigenvalue weighted by Crippen LogP contribution is 2.34. The molecule has 0 aromatic rings. The lowest BCUT2D eigenvalue weighted by Gasteiger charge is -2.31. The topological polar surface area (TPSA) is 54.0 Å². The van der Waals surface area contributed by atoms with E-state index < -0.39 is 0 Å². The van der Waals surface area contributed by atoms with Crippen molar-refractivity contribution >= 4 is 6.29 Å². The zero-order valence-electron chi connectivity index (χ0n) is 13.9. The summed E-state index contributed by atoms with van der Waals surface area (Å²) < 4.78 is 24.3. The summed E-state index contributed by atoms with van der Waals surface area (Å²) in [7, 11) is 0. The molecule has 23 heavy (non-hydrogen) atoms. The molecule has 0 aromatic carbocycles. The average Bonchev–Trinajstić information content (AvgIpc) is 2.83. The monoisotopic (exact) mass is 324 g/mol. The van der Waals surface area contributed by atoms with Gasteiger partial charge < -0.3 is 23.7 Å². The Morgan fingerprint density at radius 2 is 1.74 bits per heavy atom. The van der Waals surface area contributed by atoms with E-state index in [1.54, 1.807) is 6.26 Å². The number of aldehydes is 1. The van der Waals surface area contributed by atoms with Crippen LogP contribution < -0.4 is 0 Å². The van der Waals surface area contributed by atoms with Crippen molar-refractivity contribution in [3.8, 4) is 0 Å². The van der Waals surface area contributed by atoms with E-state index in [2.05, 4.69) is 0 Å². The molecule has 0 unspecified atom stereocenters. The molecule has 0 amide bonds. The molecule has 3 heterocycles. The fourth-order valence-electron chi connectivity index (χ4n) is 3.94. The quantitative estimate of drug-likeness (QED) is 0.588. The summed E-state index contributed by atoms with van der Waals surface area (Å²) in [5.41, 5.74) is 0. The van der Waals surface area contributed by atoms with Gasteiger partial charge in [-0.15, -0.1) is 0 Å². The van der Waals surface area contributed by atoms with Gasteiger partial charge in [-0.2, -0.15) is 0 Å². The molecule has 3 fully saturated rings. The molecule has 0 bridgehead atoms. The number of hydrogen-bond acceptors (Lipinski definition) is 5. The number of fused-ring (bicyclic) bond motifs is 2. The fraction of sp³-hybridized carbons (Fsp3) is 0.833. The van der Waals surface area contributed by atoms with Gasteiger partial charge in [0.2, 0.25) is 0 Å². The molecular weight excluding hydrogens is 296 g/mol. The van der Waals surface area contributed by atoms with Crippen molar-refractivity contribution < 1.29 is 23.7 Å². The van der Waals surface area contributed by atoms with E-state index in [4.69, 9.17) is 18.9 Å². The maximum Gasteiger partial charge on any atom is 0.124 e. The first-order valence-corrected chi connectivity index (χ1v) is 8.94. The second kappa shape index (κ2) is 8.27. The van der Waals surface area contributed by atoms with E-state index in [-0.39, 0.29) is 36.6 Å². The largest absolute Gasteiger partial charge is 0.496 e. The van der Waals surface area contributed by atoms with Gasteiger partial charge in [-0.3, -0.25) is 0 Å². The fourth-order valence-corrected chi connectivity index (χ4v) is 3.94. The van der Waals surface area contributed by atoms with E-state index in [0.717, 1.165) is 51.4 Å². The highest BCUT2D eigenvalue weighted by Gasteiger charge is 2.41. The van der Waals surface area contributed by atoms with Crippen LogP contribution in [0.25, 0.3) is 0 Å². The van der Waals surface area contributed by atoms with Crippen LogP contribution in [0.2, 0.25) is 0 Å². The lowest BCUT2D eigenvalue weighted by atomic mass is 10.0. The molecule has 0 spiro atoms. The minimum absolute atomic E-state index is 0.0355. The van der Waals surface area contributed by atoms with Crippen LogP contribution in [-0.2, 0) is 23.7 Å². The zero-order valence-corrected chi connectivity index (χ0v) is 13.9. The van der Waals surface area contributed by atoms with Gasteiger partial charge >= 0.3 is 0 Å². The van der Waals surface area contributed by atoms with Crippen molar-refractivity contribution in [1.82, 2.24) is 0 Å². The molecule has 3 rings (SSSR count). The van der Waals surface area contributed by atoms with E-state index in [0.29, 0.717) is 6.42 Å². The van der Waals surface area contributed by atoms with Gasteiger partial charge in [0.1, 0.15) is 18.5 Å². The summed E-state index contributed by atoms with van der Waals surface area (Å²) in [5.74, 6) is 0. The van der Waals surface area contributed by atoms with Crippen LogP contribution in [0.3, 0.4) is 0 Å². The Bertz CT molecular complexity index is 410. The molecule has 6 atom stereocenters. The second-order valence-corrected chi connectivity index (χ2v) is 6.68. The van der Waals surface area contributed by atoms with Gasteiger partial charge in [-0.1, -0.05) is 6.08 Å². The van der Waals surface area contributed by atoms with Gasteiger partial charge in [-0.25, -0.2) is 0 Å². The minimum Gasteiger partial charge on any atom is -0.496 e. The molecule has 0 saturated carbocycles. The Balaban J connectivity index is 1.69. The number of carbonyl (C=O) groups is 1. The van der Waals surface area contributed by atoms with Gasteiger partial charge in [0.15, 0.2) is 0 Å². The normalized spacial score (nSPS) is 41.4. The maximum atomic E-state index is 11.0. The summed E-state index contributed by atoms with van der Waals surface area (Å²) >= 11 is 0. The standard InChI is InChI=1S/C18H28O5/c1-2-11-20-14-6-8-16-17(23-18(14)9-10-19)7-5-13-15(22-16)4-3-12-21-13/h2,10-11,13-18H,3-9,12H2,1H3/b11-2-/t13-,14+,15+,16-,17+,18-/m1/s1. The number of rotatable bonds is 4. The molecule has 3 saturated heterocycles. The van der Waals surface area contributed by atoms with E-state index in [1.165, 1.54) is 0 Å². The Hall–Kier alpha value is -0.910. The summed E-state index contributed by atoms with van der Waals surface area (Å²) in [6.07, 6.45) is 10.9. The van der Waals surface area contributed by atoms with Crippen molar-refractivity contribution in [3.63, 3.8) is 0 Å². The second-order valence-electron chi connectivity index (χ2n) is 6.68. The number of allylic oxidation sites excluding steroid dienone is 1. The van der Waals surface area contributed by atoms with Crippen molar-refractivity contribution in [3.05, 3.63) is 12.3 Å². The van der Waals surface area contributed by atoms with Crippen LogP contribution in [0.1, 0.15) is 51.9 Å². The van der Waals surface area contributed by atoms with E-state index in [1.807, 2.05) is 13.0 Å². The van der Waals surface area contributed by atoms with Crippen LogP contribution in [0.15, 0.2) is 12.3 Å².